The molecular formula is C13H17N5OS. The average Bonchev–Trinajstić information content (AvgIpc) is 3.06. The minimum Gasteiger partial charge on any atom is -0.357 e. The third kappa shape index (κ3) is 2.34. The third-order valence-electron chi connectivity index (χ3n) is 3.66. The molecule has 1 aliphatic heterocycles. The molecule has 1 amide bonds. The van der Waals surface area contributed by atoms with Crippen LogP contribution in [0, 0.1) is 6.92 Å². The maximum absolute atomic E-state index is 12.0. The van der Waals surface area contributed by atoms with E-state index in [-0.39, 0.29) is 11.9 Å². The number of thiazole rings is 1. The fourth-order valence-electron chi connectivity index (χ4n) is 2.54. The summed E-state index contributed by atoms with van der Waals surface area (Å²) < 4.78 is 1.97. The summed E-state index contributed by atoms with van der Waals surface area (Å²) in [5, 5.41) is 2.73. The summed E-state index contributed by atoms with van der Waals surface area (Å²) in [5.41, 5.74) is 4.02. The lowest BCUT2D eigenvalue weighted by Crippen LogP contribution is -2.43. The summed E-state index contributed by atoms with van der Waals surface area (Å²) in [6.07, 6.45) is 3.58. The van der Waals surface area contributed by atoms with Crippen molar-refractivity contribution in [1.29, 1.82) is 0 Å². The van der Waals surface area contributed by atoms with Crippen LogP contribution in [0.1, 0.15) is 22.3 Å². The lowest BCUT2D eigenvalue weighted by atomic mass is 10.1. The Bertz CT molecular complexity index is 620. The first-order valence-electron chi connectivity index (χ1n) is 6.52. The zero-order valence-electron chi connectivity index (χ0n) is 11.5. The summed E-state index contributed by atoms with van der Waals surface area (Å²) >= 11 is 1.67. The average molecular weight is 291 g/mol. The molecule has 0 fully saturated rings. The molecular weight excluding hydrogens is 274 g/mol. The number of nitrogens with zero attached hydrogens (tertiary/aromatic N) is 4. The van der Waals surface area contributed by atoms with Gasteiger partial charge in [0, 0.05) is 37.8 Å². The number of aromatic nitrogens is 3. The molecule has 0 aromatic carbocycles. The van der Waals surface area contributed by atoms with Crippen molar-refractivity contribution in [3.05, 3.63) is 34.3 Å². The lowest BCUT2D eigenvalue weighted by Gasteiger charge is -2.33. The molecule has 0 saturated heterocycles. The topological polar surface area (TPSA) is 63.1 Å². The fourth-order valence-corrected chi connectivity index (χ4v) is 3.36. The van der Waals surface area contributed by atoms with Crippen LogP contribution < -0.4 is 5.32 Å². The van der Waals surface area contributed by atoms with E-state index in [0.29, 0.717) is 6.54 Å². The minimum absolute atomic E-state index is 0.0231. The second-order valence-corrected chi connectivity index (χ2v) is 5.89. The number of hydrogen-bond acceptors (Lipinski definition) is 5. The Morgan fingerprint density at radius 3 is 3.15 bits per heavy atom. The Morgan fingerprint density at radius 1 is 1.60 bits per heavy atom. The van der Waals surface area contributed by atoms with Crippen LogP contribution in [-0.4, -0.2) is 38.9 Å². The van der Waals surface area contributed by atoms with Gasteiger partial charge in [-0.2, -0.15) is 0 Å². The van der Waals surface area contributed by atoms with Crippen LogP contribution in [0.3, 0.4) is 0 Å². The summed E-state index contributed by atoms with van der Waals surface area (Å²) in [6, 6.07) is -0.209. The number of rotatable bonds is 3. The number of likely N-dealkylation sites (N-methyl/N-ethyl adjacent to an activating group) is 1. The van der Waals surface area contributed by atoms with Crippen molar-refractivity contribution < 1.29 is 4.79 Å². The fraction of sp³-hybridized carbons (Fsp3) is 0.462. The first-order chi connectivity index (χ1) is 9.69. The first kappa shape index (κ1) is 13.3. The number of nitrogens with one attached hydrogen (secondary N) is 1. The van der Waals surface area contributed by atoms with Crippen molar-refractivity contribution in [2.24, 2.45) is 0 Å². The highest BCUT2D eigenvalue weighted by Gasteiger charge is 2.29. The minimum atomic E-state index is -0.209. The monoisotopic (exact) mass is 291 g/mol. The van der Waals surface area contributed by atoms with Gasteiger partial charge in [0.15, 0.2) is 0 Å². The van der Waals surface area contributed by atoms with Gasteiger partial charge in [0.05, 0.1) is 23.2 Å². The van der Waals surface area contributed by atoms with E-state index in [9.17, 15) is 4.79 Å². The Labute approximate surface area is 121 Å². The Hall–Kier alpha value is -1.73. The standard InChI is InChI=1S/C13H17N5OS/c1-9-12(20-8-16-9)6-17-4-10-3-15-7-18(10)11(5-17)13(19)14-2/h3,7-8,11H,4-6H2,1-2H3,(H,14,19)/t11-/m1/s1. The van der Waals surface area contributed by atoms with E-state index in [1.165, 1.54) is 4.88 Å². The van der Waals surface area contributed by atoms with Gasteiger partial charge in [-0.05, 0) is 6.92 Å². The first-order valence-corrected chi connectivity index (χ1v) is 7.40. The zero-order chi connectivity index (χ0) is 14.1. The molecule has 3 rings (SSSR count). The number of fused-ring (bicyclic) bond motifs is 1. The molecule has 0 bridgehead atoms. The van der Waals surface area contributed by atoms with E-state index in [2.05, 4.69) is 20.2 Å². The van der Waals surface area contributed by atoms with Crippen LogP contribution in [0.25, 0.3) is 0 Å². The van der Waals surface area contributed by atoms with E-state index in [1.54, 1.807) is 24.7 Å². The van der Waals surface area contributed by atoms with Crippen LogP contribution in [0.15, 0.2) is 18.0 Å². The van der Waals surface area contributed by atoms with Gasteiger partial charge in [-0.15, -0.1) is 11.3 Å². The maximum atomic E-state index is 12.0. The maximum Gasteiger partial charge on any atom is 0.244 e. The van der Waals surface area contributed by atoms with Crippen LogP contribution >= 0.6 is 11.3 Å². The number of amides is 1. The zero-order valence-corrected chi connectivity index (χ0v) is 12.4. The van der Waals surface area contributed by atoms with E-state index in [1.807, 2.05) is 23.2 Å². The van der Waals surface area contributed by atoms with Crippen molar-refractivity contribution in [3.63, 3.8) is 0 Å². The quantitative estimate of drug-likeness (QED) is 0.914. The van der Waals surface area contributed by atoms with Gasteiger partial charge in [-0.25, -0.2) is 9.97 Å². The predicted octanol–water partition coefficient (Wildman–Crippen LogP) is 0.951. The summed E-state index contributed by atoms with van der Waals surface area (Å²) in [4.78, 5) is 24.0. The number of carbonyl (C=O) groups is 1. The molecule has 1 N–H and O–H groups in total. The smallest absolute Gasteiger partial charge is 0.244 e. The largest absolute Gasteiger partial charge is 0.357 e. The van der Waals surface area contributed by atoms with Gasteiger partial charge in [0.1, 0.15) is 6.04 Å². The molecule has 0 unspecified atom stereocenters. The molecule has 2 aromatic heterocycles. The predicted molar refractivity (Wildman–Crippen MR) is 76.3 cm³/mol. The molecule has 0 aliphatic carbocycles. The molecule has 1 aliphatic rings. The van der Waals surface area contributed by atoms with Crippen molar-refractivity contribution in [3.8, 4) is 0 Å². The van der Waals surface area contributed by atoms with Crippen LogP contribution in [0.4, 0.5) is 0 Å². The highest BCUT2D eigenvalue weighted by molar-refractivity contribution is 7.09. The van der Waals surface area contributed by atoms with E-state index < -0.39 is 0 Å². The van der Waals surface area contributed by atoms with Crippen molar-refractivity contribution >= 4 is 17.2 Å². The van der Waals surface area contributed by atoms with Crippen LogP contribution in [0.5, 0.6) is 0 Å². The molecule has 0 spiro atoms. The highest BCUT2D eigenvalue weighted by atomic mass is 32.1. The normalized spacial score (nSPS) is 18.8. The van der Waals surface area contributed by atoms with E-state index >= 15 is 0 Å². The summed E-state index contributed by atoms with van der Waals surface area (Å²) in [5.74, 6) is 0.0231. The van der Waals surface area contributed by atoms with Crippen molar-refractivity contribution in [2.45, 2.75) is 26.1 Å². The molecule has 3 heterocycles. The molecule has 2 aromatic rings. The Morgan fingerprint density at radius 2 is 2.45 bits per heavy atom. The molecule has 106 valence electrons. The van der Waals surface area contributed by atoms with Gasteiger partial charge < -0.3 is 9.88 Å². The molecule has 1 atom stereocenters. The van der Waals surface area contributed by atoms with Gasteiger partial charge in [-0.1, -0.05) is 0 Å². The second-order valence-electron chi connectivity index (χ2n) is 4.95. The Kier molecular flexibility index (Phi) is 3.54. The number of hydrogen-bond donors (Lipinski definition) is 1. The van der Waals surface area contributed by atoms with Crippen molar-refractivity contribution in [2.75, 3.05) is 13.6 Å². The SMILES string of the molecule is CNC(=O)[C@H]1CN(Cc2scnc2C)Cc2cncn21. The highest BCUT2D eigenvalue weighted by Crippen LogP contribution is 2.24. The second kappa shape index (κ2) is 5.34. The number of imidazole rings is 1. The van der Waals surface area contributed by atoms with Gasteiger partial charge >= 0.3 is 0 Å². The number of aryl methyl sites for hydroxylation is 1. The summed E-state index contributed by atoms with van der Waals surface area (Å²) in [7, 11) is 1.67. The van der Waals surface area contributed by atoms with Crippen LogP contribution in [-0.2, 0) is 17.9 Å². The van der Waals surface area contributed by atoms with E-state index in [0.717, 1.165) is 24.5 Å². The van der Waals surface area contributed by atoms with Crippen molar-refractivity contribution in [1.82, 2.24) is 24.8 Å². The van der Waals surface area contributed by atoms with E-state index in [4.69, 9.17) is 0 Å². The van der Waals surface area contributed by atoms with Gasteiger partial charge in [-0.3, -0.25) is 9.69 Å². The molecule has 20 heavy (non-hydrogen) atoms. The van der Waals surface area contributed by atoms with Crippen LogP contribution in [0.2, 0.25) is 0 Å². The van der Waals surface area contributed by atoms with Gasteiger partial charge in [0.2, 0.25) is 5.91 Å². The molecule has 0 saturated carbocycles. The lowest BCUT2D eigenvalue weighted by molar-refractivity contribution is -0.125. The third-order valence-corrected chi connectivity index (χ3v) is 4.58. The summed E-state index contributed by atoms with van der Waals surface area (Å²) in [6.45, 7) is 4.36. The molecule has 7 heteroatoms. The Balaban J connectivity index is 1.82. The van der Waals surface area contributed by atoms with Gasteiger partial charge in [0.25, 0.3) is 0 Å². The number of carbonyl (C=O) groups excluding carboxylic acids is 1. The molecule has 6 nitrogen and oxygen atoms in total. The molecule has 0 radical (unpaired) electrons.